The van der Waals surface area contributed by atoms with Crippen LogP contribution >= 0.6 is 0 Å². The first-order chi connectivity index (χ1) is 12.1. The van der Waals surface area contributed by atoms with Crippen molar-refractivity contribution in [3.8, 4) is 0 Å². The number of carbonyl (C=O) groups excluding carboxylic acids is 1. The Hall–Kier alpha value is -2.30. The van der Waals surface area contributed by atoms with Crippen molar-refractivity contribution in [2.75, 3.05) is 0 Å². The maximum Gasteiger partial charge on any atom is 0.318 e. The van der Waals surface area contributed by atoms with Crippen molar-refractivity contribution in [1.29, 1.82) is 0 Å². The summed E-state index contributed by atoms with van der Waals surface area (Å²) in [5.41, 5.74) is 0.892. The minimum absolute atomic E-state index is 0.0923. The van der Waals surface area contributed by atoms with Gasteiger partial charge in [0.25, 0.3) is 0 Å². The Balaban J connectivity index is 1.70. The van der Waals surface area contributed by atoms with Crippen LogP contribution in [0.25, 0.3) is 0 Å². The number of benzene rings is 1. The summed E-state index contributed by atoms with van der Waals surface area (Å²) >= 11 is 0. The third kappa shape index (κ3) is 5.08. The van der Waals surface area contributed by atoms with Crippen molar-refractivity contribution in [3.05, 3.63) is 59.3 Å². The first-order valence-corrected chi connectivity index (χ1v) is 8.95. The fraction of sp³-hybridized carbons (Fsp3) is 0.450. The number of nitrogens with one attached hydrogen (secondary N) is 1. The molecule has 1 N–H and O–H groups in total. The van der Waals surface area contributed by atoms with E-state index in [1.54, 1.807) is 17.0 Å². The van der Waals surface area contributed by atoms with E-state index in [1.165, 1.54) is 31.4 Å². The predicted octanol–water partition coefficient (Wildman–Crippen LogP) is 4.77. The Morgan fingerprint density at radius 2 is 1.84 bits per heavy atom. The number of furan rings is 1. The maximum atomic E-state index is 13.1. The summed E-state index contributed by atoms with van der Waals surface area (Å²) in [5.74, 6) is 1.30. The van der Waals surface area contributed by atoms with E-state index >= 15 is 0 Å². The van der Waals surface area contributed by atoms with Gasteiger partial charge in [-0.1, -0.05) is 31.4 Å². The number of hydrogen-bond donors (Lipinski definition) is 1. The van der Waals surface area contributed by atoms with E-state index in [1.807, 2.05) is 19.1 Å². The van der Waals surface area contributed by atoms with Gasteiger partial charge in [-0.25, -0.2) is 9.18 Å². The molecule has 1 saturated carbocycles. The lowest BCUT2D eigenvalue weighted by Gasteiger charge is -2.28. The fourth-order valence-corrected chi connectivity index (χ4v) is 3.28. The summed E-state index contributed by atoms with van der Waals surface area (Å²) < 4.78 is 18.8. The highest BCUT2D eigenvalue weighted by Gasteiger charge is 2.21. The van der Waals surface area contributed by atoms with Crippen LogP contribution in [0.4, 0.5) is 9.18 Å². The van der Waals surface area contributed by atoms with Gasteiger partial charge in [0.05, 0.1) is 6.54 Å². The van der Waals surface area contributed by atoms with Gasteiger partial charge in [-0.15, -0.1) is 0 Å². The Labute approximate surface area is 148 Å². The van der Waals surface area contributed by atoms with Crippen molar-refractivity contribution in [2.45, 2.75) is 58.2 Å². The summed E-state index contributed by atoms with van der Waals surface area (Å²) in [7, 11) is 0. The van der Waals surface area contributed by atoms with Crippen LogP contribution in [0.3, 0.4) is 0 Å². The molecule has 0 aliphatic heterocycles. The van der Waals surface area contributed by atoms with Crippen molar-refractivity contribution in [2.24, 2.45) is 0 Å². The molecular weight excluding hydrogens is 319 g/mol. The lowest BCUT2D eigenvalue weighted by molar-refractivity contribution is 0.179. The third-order valence-electron chi connectivity index (χ3n) is 4.65. The van der Waals surface area contributed by atoms with Gasteiger partial charge in [0.15, 0.2) is 0 Å². The zero-order chi connectivity index (χ0) is 17.6. The quantitative estimate of drug-likeness (QED) is 0.849. The number of rotatable bonds is 5. The van der Waals surface area contributed by atoms with Crippen molar-refractivity contribution < 1.29 is 13.6 Å². The van der Waals surface area contributed by atoms with Crippen LogP contribution in [0.1, 0.15) is 49.2 Å². The number of urea groups is 1. The molecule has 0 bridgehead atoms. The SMILES string of the molecule is Cc1ccc(CN(Cc2ccc(F)cc2)C(=O)NC2CCCCC2)o1. The number of carbonyl (C=O) groups is 1. The van der Waals surface area contributed by atoms with Crippen LogP contribution < -0.4 is 5.32 Å². The molecule has 1 aliphatic rings. The predicted molar refractivity (Wildman–Crippen MR) is 94.5 cm³/mol. The standard InChI is InChI=1S/C20H25FN2O2/c1-15-7-12-19(25-15)14-23(13-16-8-10-17(21)11-9-16)20(24)22-18-5-3-2-4-6-18/h7-12,18H,2-6,13-14H2,1H3,(H,22,24). The lowest BCUT2D eigenvalue weighted by Crippen LogP contribution is -2.44. The molecule has 1 aromatic carbocycles. The molecule has 2 amide bonds. The first-order valence-electron chi connectivity index (χ1n) is 8.95. The van der Waals surface area contributed by atoms with Crippen LogP contribution in [0.15, 0.2) is 40.8 Å². The van der Waals surface area contributed by atoms with Crippen LogP contribution in [0, 0.1) is 12.7 Å². The second-order valence-electron chi connectivity index (χ2n) is 6.78. The number of hydrogen-bond acceptors (Lipinski definition) is 2. The van der Waals surface area contributed by atoms with E-state index in [9.17, 15) is 9.18 Å². The molecular formula is C20H25FN2O2. The van der Waals surface area contributed by atoms with Crippen LogP contribution in [0.2, 0.25) is 0 Å². The van der Waals surface area contributed by atoms with Crippen molar-refractivity contribution >= 4 is 6.03 Å². The van der Waals surface area contributed by atoms with Gasteiger partial charge in [-0.05, 0) is 49.6 Å². The number of nitrogens with zero attached hydrogens (tertiary/aromatic N) is 1. The zero-order valence-electron chi connectivity index (χ0n) is 14.6. The molecule has 1 fully saturated rings. The molecule has 1 aliphatic carbocycles. The normalized spacial score (nSPS) is 15.1. The second-order valence-corrected chi connectivity index (χ2v) is 6.78. The van der Waals surface area contributed by atoms with E-state index in [-0.39, 0.29) is 17.9 Å². The van der Waals surface area contributed by atoms with E-state index in [2.05, 4.69) is 5.32 Å². The summed E-state index contributed by atoms with van der Waals surface area (Å²) in [6.45, 7) is 2.69. The maximum absolute atomic E-state index is 13.1. The first kappa shape index (κ1) is 17.5. The highest BCUT2D eigenvalue weighted by Crippen LogP contribution is 2.19. The van der Waals surface area contributed by atoms with E-state index < -0.39 is 0 Å². The monoisotopic (exact) mass is 344 g/mol. The minimum atomic E-state index is -0.274. The van der Waals surface area contributed by atoms with Gasteiger partial charge in [-0.3, -0.25) is 0 Å². The van der Waals surface area contributed by atoms with Crippen molar-refractivity contribution in [3.63, 3.8) is 0 Å². The molecule has 0 radical (unpaired) electrons. The summed E-state index contributed by atoms with van der Waals surface area (Å²) in [6, 6.07) is 10.2. The van der Waals surface area contributed by atoms with Crippen LogP contribution in [0.5, 0.6) is 0 Å². The molecule has 2 aromatic rings. The van der Waals surface area contributed by atoms with Gasteiger partial charge < -0.3 is 14.6 Å². The van der Waals surface area contributed by atoms with E-state index in [0.717, 1.165) is 29.9 Å². The third-order valence-corrected chi connectivity index (χ3v) is 4.65. The average Bonchev–Trinajstić information content (AvgIpc) is 3.02. The minimum Gasteiger partial charge on any atom is -0.464 e. The topological polar surface area (TPSA) is 45.5 Å². The van der Waals surface area contributed by atoms with E-state index in [0.29, 0.717) is 13.1 Å². The molecule has 0 unspecified atom stereocenters. The molecule has 0 atom stereocenters. The summed E-state index contributed by atoms with van der Waals surface area (Å²) in [5, 5.41) is 3.15. The molecule has 0 saturated heterocycles. The van der Waals surface area contributed by atoms with Gasteiger partial charge in [0.1, 0.15) is 17.3 Å². The number of aryl methyl sites for hydroxylation is 1. The Bertz CT molecular complexity index is 690. The van der Waals surface area contributed by atoms with Gasteiger partial charge >= 0.3 is 6.03 Å². The zero-order valence-corrected chi connectivity index (χ0v) is 14.6. The highest BCUT2D eigenvalue weighted by molar-refractivity contribution is 5.74. The number of amides is 2. The van der Waals surface area contributed by atoms with Crippen molar-refractivity contribution in [1.82, 2.24) is 10.2 Å². The number of halogens is 1. The molecule has 3 rings (SSSR count). The molecule has 0 spiro atoms. The fourth-order valence-electron chi connectivity index (χ4n) is 3.28. The molecule has 1 heterocycles. The van der Waals surface area contributed by atoms with Crippen LogP contribution in [-0.2, 0) is 13.1 Å². The molecule has 134 valence electrons. The van der Waals surface area contributed by atoms with Gasteiger partial charge in [0, 0.05) is 12.6 Å². The van der Waals surface area contributed by atoms with Gasteiger partial charge in [-0.2, -0.15) is 0 Å². The Kier molecular flexibility index (Phi) is 5.74. The highest BCUT2D eigenvalue weighted by atomic mass is 19.1. The smallest absolute Gasteiger partial charge is 0.318 e. The molecule has 1 aromatic heterocycles. The average molecular weight is 344 g/mol. The Morgan fingerprint density at radius 1 is 1.12 bits per heavy atom. The summed E-state index contributed by atoms with van der Waals surface area (Å²) in [6.07, 6.45) is 5.66. The summed E-state index contributed by atoms with van der Waals surface area (Å²) in [4.78, 5) is 14.5. The largest absolute Gasteiger partial charge is 0.464 e. The Morgan fingerprint density at radius 3 is 2.48 bits per heavy atom. The van der Waals surface area contributed by atoms with Gasteiger partial charge in [0.2, 0.25) is 0 Å². The van der Waals surface area contributed by atoms with E-state index in [4.69, 9.17) is 4.42 Å². The molecule has 5 heteroatoms. The van der Waals surface area contributed by atoms with Crippen LogP contribution in [-0.4, -0.2) is 17.0 Å². The molecule has 4 nitrogen and oxygen atoms in total. The molecule has 25 heavy (non-hydrogen) atoms. The lowest BCUT2D eigenvalue weighted by atomic mass is 9.96. The second kappa shape index (κ2) is 8.19.